The molecule has 1 heterocycles. The third-order valence-corrected chi connectivity index (χ3v) is 8.52. The molecule has 188 valence electrons. The molecule has 0 radical (unpaired) electrons. The van der Waals surface area contributed by atoms with Gasteiger partial charge < -0.3 is 4.57 Å². The first-order valence-corrected chi connectivity index (χ1v) is 13.7. The molecule has 1 nitrogen and oxygen atoms in total. The Morgan fingerprint density at radius 2 is 1.41 bits per heavy atom. The summed E-state index contributed by atoms with van der Waals surface area (Å²) < 4.78 is 2.42. The number of benzene rings is 5. The molecule has 0 atom stereocenters. The van der Waals surface area contributed by atoms with Gasteiger partial charge in [0.25, 0.3) is 0 Å². The second-order valence-corrected chi connectivity index (χ2v) is 11.0. The van der Waals surface area contributed by atoms with Crippen LogP contribution in [0.1, 0.15) is 31.9 Å². The van der Waals surface area contributed by atoms with Crippen molar-refractivity contribution >= 4 is 38.2 Å². The first-order chi connectivity index (χ1) is 19.0. The quantitative estimate of drug-likeness (QED) is 0.227. The van der Waals surface area contributed by atoms with Gasteiger partial charge in [-0.05, 0) is 81.4 Å². The van der Waals surface area contributed by atoms with Gasteiger partial charge in [-0.1, -0.05) is 111 Å². The van der Waals surface area contributed by atoms with Crippen LogP contribution in [0.5, 0.6) is 0 Å². The van der Waals surface area contributed by atoms with Gasteiger partial charge in [0.1, 0.15) is 0 Å². The van der Waals surface area contributed by atoms with E-state index in [-0.39, 0.29) is 5.41 Å². The summed E-state index contributed by atoms with van der Waals surface area (Å²) in [6.45, 7) is 10.7. The Balaban J connectivity index is 1.45. The highest BCUT2D eigenvalue weighted by Crippen LogP contribution is 2.50. The van der Waals surface area contributed by atoms with Gasteiger partial charge in [-0.25, -0.2) is 0 Å². The Hall–Kier alpha value is -4.62. The molecule has 0 aliphatic heterocycles. The van der Waals surface area contributed by atoms with E-state index in [1.807, 2.05) is 6.08 Å². The van der Waals surface area contributed by atoms with Crippen molar-refractivity contribution < 1.29 is 0 Å². The van der Waals surface area contributed by atoms with E-state index in [9.17, 15) is 0 Å². The van der Waals surface area contributed by atoms with E-state index in [0.29, 0.717) is 0 Å². The van der Waals surface area contributed by atoms with Crippen LogP contribution in [-0.4, -0.2) is 4.57 Å². The summed E-state index contributed by atoms with van der Waals surface area (Å²) in [6, 6.07) is 38.0. The minimum Gasteiger partial charge on any atom is -0.309 e. The fourth-order valence-electron chi connectivity index (χ4n) is 6.59. The van der Waals surface area contributed by atoms with Gasteiger partial charge >= 0.3 is 0 Å². The molecule has 6 aromatic rings. The second kappa shape index (κ2) is 8.71. The molecule has 0 N–H and O–H groups in total. The Morgan fingerprint density at radius 3 is 2.23 bits per heavy atom. The van der Waals surface area contributed by atoms with Crippen LogP contribution in [0.2, 0.25) is 0 Å². The molecular weight excluding hydrogens is 470 g/mol. The van der Waals surface area contributed by atoms with Gasteiger partial charge in [0, 0.05) is 21.9 Å². The summed E-state index contributed by atoms with van der Waals surface area (Å²) in [5.74, 6) is 0. The number of hydrogen-bond acceptors (Lipinski definition) is 0. The van der Waals surface area contributed by atoms with E-state index in [4.69, 9.17) is 0 Å². The molecule has 39 heavy (non-hydrogen) atoms. The van der Waals surface area contributed by atoms with E-state index in [1.54, 1.807) is 0 Å². The number of fused-ring (bicyclic) bond motifs is 5. The number of hydrogen-bond donors (Lipinski definition) is 0. The van der Waals surface area contributed by atoms with Crippen LogP contribution < -0.4 is 0 Å². The average molecular weight is 502 g/mol. The minimum absolute atomic E-state index is 0.0453. The summed E-state index contributed by atoms with van der Waals surface area (Å²) >= 11 is 0. The zero-order valence-electron chi connectivity index (χ0n) is 22.7. The first-order valence-electron chi connectivity index (χ1n) is 13.7. The number of allylic oxidation sites excluding steroid dienone is 5. The lowest BCUT2D eigenvalue weighted by molar-refractivity contribution is 0.661. The van der Waals surface area contributed by atoms with Crippen molar-refractivity contribution in [2.24, 2.45) is 0 Å². The maximum atomic E-state index is 3.98. The molecule has 1 aliphatic rings. The second-order valence-electron chi connectivity index (χ2n) is 11.0. The lowest BCUT2D eigenvalue weighted by Gasteiger charge is -2.21. The van der Waals surface area contributed by atoms with E-state index in [0.717, 1.165) is 0 Å². The summed E-state index contributed by atoms with van der Waals surface area (Å²) in [4.78, 5) is 0. The van der Waals surface area contributed by atoms with Crippen molar-refractivity contribution in [2.45, 2.75) is 26.2 Å². The monoisotopic (exact) mass is 501 g/mol. The summed E-state index contributed by atoms with van der Waals surface area (Å²) in [5.41, 5.74) is 11.4. The topological polar surface area (TPSA) is 4.93 Å². The van der Waals surface area contributed by atoms with Crippen LogP contribution in [0.4, 0.5) is 0 Å². The van der Waals surface area contributed by atoms with Crippen molar-refractivity contribution in [3.05, 3.63) is 145 Å². The molecule has 1 aliphatic carbocycles. The van der Waals surface area contributed by atoms with Gasteiger partial charge in [-0.2, -0.15) is 0 Å². The molecule has 0 amide bonds. The molecule has 0 unspecified atom stereocenters. The third-order valence-electron chi connectivity index (χ3n) is 8.52. The van der Waals surface area contributed by atoms with Gasteiger partial charge in [0.2, 0.25) is 0 Å². The van der Waals surface area contributed by atoms with Gasteiger partial charge in [0.05, 0.1) is 11.0 Å². The maximum Gasteiger partial charge on any atom is 0.0547 e. The molecule has 0 saturated heterocycles. The Bertz CT molecular complexity index is 2010. The SMILES string of the molecule is C=CC=C1/C(=C\C)c2cc(-c3ccc4c5ccccc5n(-c5ccc6ccccc6c5)c4c3)ccc2C1(C)C. The van der Waals surface area contributed by atoms with Crippen LogP contribution in [0.25, 0.3) is 55.0 Å². The highest BCUT2D eigenvalue weighted by atomic mass is 15.0. The fraction of sp³-hybridized carbons (Fsp3) is 0.105. The number of nitrogens with zero attached hydrogens (tertiary/aromatic N) is 1. The van der Waals surface area contributed by atoms with Crippen LogP contribution in [0, 0.1) is 0 Å². The molecule has 0 fully saturated rings. The number of rotatable bonds is 3. The normalized spacial score (nSPS) is 16.5. The van der Waals surface area contributed by atoms with Crippen molar-refractivity contribution in [1.29, 1.82) is 0 Å². The molecule has 5 aromatic carbocycles. The predicted octanol–water partition coefficient (Wildman–Crippen LogP) is 10.4. The summed E-state index contributed by atoms with van der Waals surface area (Å²) in [5, 5.41) is 5.06. The lowest BCUT2D eigenvalue weighted by atomic mass is 9.82. The van der Waals surface area contributed by atoms with Crippen LogP contribution >= 0.6 is 0 Å². The van der Waals surface area contributed by atoms with Gasteiger partial charge in [0.15, 0.2) is 0 Å². The molecule has 1 heteroatoms. The molecule has 0 bridgehead atoms. The van der Waals surface area contributed by atoms with E-state index >= 15 is 0 Å². The number of aromatic nitrogens is 1. The Morgan fingerprint density at radius 1 is 0.692 bits per heavy atom. The molecule has 0 saturated carbocycles. The van der Waals surface area contributed by atoms with Crippen molar-refractivity contribution in [2.75, 3.05) is 0 Å². The average Bonchev–Trinajstić information content (AvgIpc) is 3.40. The minimum atomic E-state index is -0.0453. The van der Waals surface area contributed by atoms with Crippen LogP contribution in [-0.2, 0) is 5.41 Å². The first kappa shape index (κ1) is 23.5. The maximum absolute atomic E-state index is 3.98. The molecular formula is C38H31N. The largest absolute Gasteiger partial charge is 0.309 e. The fourth-order valence-corrected chi connectivity index (χ4v) is 6.59. The lowest BCUT2D eigenvalue weighted by Crippen LogP contribution is -2.14. The predicted molar refractivity (Wildman–Crippen MR) is 169 cm³/mol. The Kier molecular flexibility index (Phi) is 5.25. The van der Waals surface area contributed by atoms with Crippen molar-refractivity contribution in [1.82, 2.24) is 4.57 Å². The van der Waals surface area contributed by atoms with Gasteiger partial charge in [-0.15, -0.1) is 0 Å². The third kappa shape index (κ3) is 3.47. The van der Waals surface area contributed by atoms with Crippen LogP contribution in [0.3, 0.4) is 0 Å². The summed E-state index contributed by atoms with van der Waals surface area (Å²) in [6.07, 6.45) is 6.32. The number of para-hydroxylation sites is 1. The van der Waals surface area contributed by atoms with E-state index in [2.05, 4.69) is 147 Å². The van der Waals surface area contributed by atoms with Gasteiger partial charge in [-0.3, -0.25) is 0 Å². The molecule has 7 rings (SSSR count). The van der Waals surface area contributed by atoms with Crippen LogP contribution in [0.15, 0.2) is 134 Å². The highest BCUT2D eigenvalue weighted by Gasteiger charge is 2.37. The molecule has 0 spiro atoms. The Labute approximate surface area is 230 Å². The standard InChI is InChI=1S/C38H31N/c1-5-11-34-30(6-2)33-23-27(18-21-35(33)38(34,3)4)28-17-20-32-31-14-9-10-15-36(31)39(37(32)24-28)29-19-16-25-12-7-8-13-26(25)22-29/h5-24H,1H2,2-4H3/b30-6-,34-11?. The zero-order chi connectivity index (χ0) is 26.7. The van der Waals surface area contributed by atoms with Crippen molar-refractivity contribution in [3.8, 4) is 16.8 Å². The van der Waals surface area contributed by atoms with Crippen molar-refractivity contribution in [3.63, 3.8) is 0 Å². The summed E-state index contributed by atoms with van der Waals surface area (Å²) in [7, 11) is 0. The molecule has 1 aromatic heterocycles. The van der Waals surface area contributed by atoms with E-state index in [1.165, 1.54) is 71.7 Å². The smallest absolute Gasteiger partial charge is 0.0547 e. The zero-order valence-corrected chi connectivity index (χ0v) is 22.7. The van der Waals surface area contributed by atoms with E-state index < -0.39 is 0 Å². The highest BCUT2D eigenvalue weighted by molar-refractivity contribution is 6.10.